The monoisotopic (exact) mass is 604 g/mol. The topological polar surface area (TPSA) is 26.3 Å². The molecular weight excluding hydrogens is 599 g/mol. The van der Waals surface area contributed by atoms with Crippen molar-refractivity contribution in [3.63, 3.8) is 0 Å². The summed E-state index contributed by atoms with van der Waals surface area (Å²) < 4.78 is 278. The molecule has 0 fully saturated rings. The van der Waals surface area contributed by atoms with E-state index >= 15 is 0 Å². The van der Waals surface area contributed by atoms with Crippen molar-refractivity contribution < 1.29 is 102 Å². The van der Waals surface area contributed by atoms with Crippen LogP contribution in [0.5, 0.6) is 0 Å². The molecule has 23 heteroatoms. The molecule has 0 saturated carbocycles. The van der Waals surface area contributed by atoms with Crippen molar-refractivity contribution in [3.8, 4) is 0 Å². The lowest BCUT2D eigenvalue weighted by Crippen LogP contribution is -2.75. The highest BCUT2D eigenvalue weighted by Crippen LogP contribution is 2.65. The van der Waals surface area contributed by atoms with Crippen molar-refractivity contribution in [3.05, 3.63) is 11.7 Å². The van der Waals surface area contributed by atoms with E-state index in [1.807, 2.05) is 0 Å². The van der Waals surface area contributed by atoms with Gasteiger partial charge in [-0.25, -0.2) is 4.79 Å². The van der Waals surface area contributed by atoms with Crippen molar-refractivity contribution in [2.75, 3.05) is 7.11 Å². The third kappa shape index (κ3) is 4.73. The lowest BCUT2D eigenvalue weighted by Gasteiger charge is -2.43. The first-order valence-electron chi connectivity index (χ1n) is 7.99. The van der Waals surface area contributed by atoms with E-state index in [0.29, 0.717) is 0 Å². The molecular formula is C14H5F21O2. The van der Waals surface area contributed by atoms with Gasteiger partial charge in [-0.05, 0) is 0 Å². The van der Waals surface area contributed by atoms with Crippen molar-refractivity contribution in [1.82, 2.24) is 0 Å². The summed E-state index contributed by atoms with van der Waals surface area (Å²) in [5.74, 6) is -71.7. The number of methoxy groups -OCH3 is 1. The summed E-state index contributed by atoms with van der Waals surface area (Å²) in [4.78, 5) is 10.8. The Morgan fingerprint density at radius 2 is 0.784 bits per heavy atom. The Hall–Kier alpha value is -2.26. The Morgan fingerprint density at radius 1 is 0.514 bits per heavy atom. The highest BCUT2D eigenvalue weighted by atomic mass is 19.4. The first kappa shape index (κ1) is 34.7. The zero-order chi connectivity index (χ0) is 30.6. The van der Waals surface area contributed by atoms with Crippen LogP contribution in [-0.4, -0.2) is 66.6 Å². The van der Waals surface area contributed by atoms with E-state index in [2.05, 4.69) is 4.74 Å². The maximum atomic E-state index is 13.6. The van der Waals surface area contributed by atoms with Crippen LogP contribution in [0, 0.1) is 0 Å². The van der Waals surface area contributed by atoms with Crippen molar-refractivity contribution in [2.45, 2.75) is 60.0 Å². The molecule has 2 nitrogen and oxygen atoms in total. The van der Waals surface area contributed by atoms with Crippen LogP contribution in [-0.2, 0) is 9.53 Å². The lowest BCUT2D eigenvalue weighted by molar-refractivity contribution is -0.468. The molecule has 0 heterocycles. The van der Waals surface area contributed by atoms with E-state index in [1.54, 1.807) is 0 Å². The maximum Gasteiger partial charge on any atom is 0.460 e. The molecule has 0 aromatic heterocycles. The van der Waals surface area contributed by atoms with Crippen LogP contribution in [0.4, 0.5) is 92.2 Å². The number of carbonyl (C=O) groups excluding carboxylic acids is 1. The zero-order valence-corrected chi connectivity index (χ0v) is 16.5. The van der Waals surface area contributed by atoms with Crippen LogP contribution in [0.3, 0.4) is 0 Å². The summed E-state index contributed by atoms with van der Waals surface area (Å²) in [7, 11) is 0.0594. The predicted octanol–water partition coefficient (Wildman–Crippen LogP) is 7.34. The Balaban J connectivity index is 7.00. The summed E-state index contributed by atoms with van der Waals surface area (Å²) in [5.41, 5.74) is -3.01. The average molecular weight is 604 g/mol. The molecule has 220 valence electrons. The third-order valence-corrected chi connectivity index (χ3v) is 4.24. The summed E-state index contributed by atoms with van der Waals surface area (Å²) in [5, 5.41) is 0. The second-order valence-electron chi connectivity index (χ2n) is 6.63. The number of rotatable bonds is 10. The standard InChI is InChI=1S/C14H5F21O2/c1-37-5(36)3(4(15)16)2-6(17,18)7(19,20)8(21,22)9(23,24)10(25,26)11(27,28)12(29,30)13(31,32)14(33,34)35/h2H2,1H3. The van der Waals surface area contributed by atoms with Crippen molar-refractivity contribution in [2.24, 2.45) is 0 Å². The number of hydrogen-bond acceptors (Lipinski definition) is 2. The van der Waals surface area contributed by atoms with Gasteiger partial charge in [-0.15, -0.1) is 0 Å². The quantitative estimate of drug-likeness (QED) is 0.148. The summed E-state index contributed by atoms with van der Waals surface area (Å²) >= 11 is 0. The number of esters is 1. The molecule has 0 aromatic carbocycles. The fraction of sp³-hybridized carbons (Fsp3) is 0.786. The van der Waals surface area contributed by atoms with Crippen LogP contribution in [0.2, 0.25) is 0 Å². The number of alkyl halides is 19. The van der Waals surface area contributed by atoms with Crippen LogP contribution in [0.1, 0.15) is 6.42 Å². The highest BCUT2D eigenvalue weighted by Gasteiger charge is 2.96. The van der Waals surface area contributed by atoms with Crippen LogP contribution < -0.4 is 0 Å². The minimum atomic E-state index is -9.13. The van der Waals surface area contributed by atoms with Gasteiger partial charge in [-0.1, -0.05) is 0 Å². The molecule has 0 bridgehead atoms. The van der Waals surface area contributed by atoms with Gasteiger partial charge in [0, 0.05) is 0 Å². The Labute approximate surface area is 188 Å². The fourth-order valence-electron chi connectivity index (χ4n) is 2.07. The summed E-state index contributed by atoms with van der Waals surface area (Å²) in [6, 6.07) is 0. The molecule has 0 radical (unpaired) electrons. The normalized spacial score (nSPS) is 15.5. The molecule has 0 aromatic rings. The molecule has 0 amide bonds. The molecule has 0 aliphatic heterocycles. The molecule has 0 spiro atoms. The largest absolute Gasteiger partial charge is 0.466 e. The van der Waals surface area contributed by atoms with E-state index in [4.69, 9.17) is 0 Å². The van der Waals surface area contributed by atoms with E-state index < -0.39 is 77.6 Å². The molecule has 37 heavy (non-hydrogen) atoms. The van der Waals surface area contributed by atoms with E-state index in [9.17, 15) is 97.0 Å². The molecule has 0 rings (SSSR count). The second-order valence-corrected chi connectivity index (χ2v) is 6.63. The maximum absolute atomic E-state index is 13.6. The first-order valence-corrected chi connectivity index (χ1v) is 7.99. The SMILES string of the molecule is COC(=O)C(CC(F)(F)C(F)(F)C(F)(F)C(F)(F)C(F)(F)C(F)(F)C(F)(F)C(F)(F)C(F)(F)F)=C(F)F. The zero-order valence-electron chi connectivity index (χ0n) is 16.5. The van der Waals surface area contributed by atoms with Gasteiger partial charge in [0.2, 0.25) is 0 Å². The third-order valence-electron chi connectivity index (χ3n) is 4.24. The van der Waals surface area contributed by atoms with Gasteiger partial charge in [0.05, 0.1) is 13.5 Å². The highest BCUT2D eigenvalue weighted by molar-refractivity contribution is 5.88. The fourth-order valence-corrected chi connectivity index (χ4v) is 2.07. The smallest absolute Gasteiger partial charge is 0.460 e. The molecule has 0 unspecified atom stereocenters. The van der Waals surface area contributed by atoms with Crippen LogP contribution >= 0.6 is 0 Å². The summed E-state index contributed by atoms with van der Waals surface area (Å²) in [6.45, 7) is 0. The number of halogens is 21. The van der Waals surface area contributed by atoms with Crippen LogP contribution in [0.25, 0.3) is 0 Å². The minimum Gasteiger partial charge on any atom is -0.466 e. The van der Waals surface area contributed by atoms with Gasteiger partial charge in [-0.2, -0.15) is 92.2 Å². The van der Waals surface area contributed by atoms with Gasteiger partial charge in [0.1, 0.15) is 5.57 Å². The van der Waals surface area contributed by atoms with E-state index in [0.717, 1.165) is 0 Å². The van der Waals surface area contributed by atoms with Gasteiger partial charge in [0.15, 0.2) is 0 Å². The van der Waals surface area contributed by atoms with Crippen LogP contribution in [0.15, 0.2) is 11.7 Å². The van der Waals surface area contributed by atoms with Crippen molar-refractivity contribution in [1.29, 1.82) is 0 Å². The van der Waals surface area contributed by atoms with Gasteiger partial charge in [-0.3, -0.25) is 0 Å². The second kappa shape index (κ2) is 9.19. The molecule has 0 aliphatic rings. The van der Waals surface area contributed by atoms with Gasteiger partial charge < -0.3 is 4.74 Å². The molecule has 0 atom stereocenters. The van der Waals surface area contributed by atoms with Crippen molar-refractivity contribution >= 4 is 5.97 Å². The summed E-state index contributed by atoms with van der Waals surface area (Å²) in [6.07, 6.45) is -15.6. The Bertz CT molecular complexity index is 891. The van der Waals surface area contributed by atoms with Gasteiger partial charge >= 0.3 is 59.5 Å². The van der Waals surface area contributed by atoms with Gasteiger partial charge in [0.25, 0.3) is 6.08 Å². The molecule has 0 saturated heterocycles. The minimum absolute atomic E-state index is 0.0594. The predicted molar refractivity (Wildman–Crippen MR) is 71.5 cm³/mol. The van der Waals surface area contributed by atoms with E-state index in [-0.39, 0.29) is 7.11 Å². The van der Waals surface area contributed by atoms with E-state index in [1.165, 1.54) is 0 Å². The number of carbonyl (C=O) groups is 1. The first-order chi connectivity index (χ1) is 15.8. The Morgan fingerprint density at radius 3 is 1.03 bits per heavy atom. The molecule has 0 aliphatic carbocycles. The average Bonchev–Trinajstić information content (AvgIpc) is 2.69. The lowest BCUT2D eigenvalue weighted by atomic mass is 9.86. The number of ether oxygens (including phenoxy) is 1. The number of hydrogen-bond donors (Lipinski definition) is 0. The Kier molecular flexibility index (Phi) is 8.63. The molecule has 0 N–H and O–H groups in total.